The van der Waals surface area contributed by atoms with Crippen molar-refractivity contribution in [3.8, 4) is 0 Å². The fourth-order valence-corrected chi connectivity index (χ4v) is 2.99. The van der Waals surface area contributed by atoms with Crippen molar-refractivity contribution in [2.75, 3.05) is 32.7 Å². The smallest absolute Gasteiger partial charge is 0.241 e. The molecule has 21 heavy (non-hydrogen) atoms. The molecule has 1 amide bonds. The number of halogens is 1. The predicted molar refractivity (Wildman–Crippen MR) is 75.8 cm³/mol. The zero-order valence-electron chi connectivity index (χ0n) is 11.7. The van der Waals surface area contributed by atoms with E-state index in [4.69, 9.17) is 0 Å². The van der Waals surface area contributed by atoms with E-state index >= 15 is 0 Å². The van der Waals surface area contributed by atoms with E-state index in [0.29, 0.717) is 31.7 Å². The summed E-state index contributed by atoms with van der Waals surface area (Å²) in [7, 11) is -3.89. The van der Waals surface area contributed by atoms with Crippen LogP contribution in [0, 0.1) is 12.7 Å². The van der Waals surface area contributed by atoms with Gasteiger partial charge >= 0.3 is 0 Å². The lowest BCUT2D eigenvalue weighted by atomic mass is 10.2. The fourth-order valence-electron chi connectivity index (χ4n) is 2.01. The first-order chi connectivity index (χ1) is 9.90. The van der Waals surface area contributed by atoms with Gasteiger partial charge in [0.15, 0.2) is 0 Å². The molecule has 2 N–H and O–H groups in total. The molecule has 1 aromatic rings. The summed E-state index contributed by atoms with van der Waals surface area (Å²) < 4.78 is 39.7. The molecular weight excluding hydrogens is 297 g/mol. The molecule has 6 nitrogen and oxygen atoms in total. The van der Waals surface area contributed by atoms with E-state index in [1.165, 1.54) is 12.1 Å². The minimum Gasteiger partial charge on any atom is -0.339 e. The summed E-state index contributed by atoms with van der Waals surface area (Å²) in [5, 5.41) is 3.11. The number of piperazine rings is 1. The molecule has 2 rings (SSSR count). The maximum atomic E-state index is 13.4. The second-order valence-corrected chi connectivity index (χ2v) is 6.63. The van der Waals surface area contributed by atoms with Crippen LogP contribution in [0.1, 0.15) is 5.56 Å². The number of sulfonamides is 1. The number of nitrogens with zero attached hydrogens (tertiary/aromatic N) is 1. The van der Waals surface area contributed by atoms with Crippen LogP contribution < -0.4 is 10.0 Å². The third kappa shape index (κ3) is 3.99. The first kappa shape index (κ1) is 15.9. The van der Waals surface area contributed by atoms with Gasteiger partial charge in [-0.2, -0.15) is 0 Å². The van der Waals surface area contributed by atoms with Gasteiger partial charge < -0.3 is 10.2 Å². The van der Waals surface area contributed by atoms with Gasteiger partial charge in [-0.3, -0.25) is 4.79 Å². The van der Waals surface area contributed by atoms with Crippen molar-refractivity contribution in [2.24, 2.45) is 0 Å². The number of benzene rings is 1. The molecule has 0 saturated carbocycles. The molecule has 1 heterocycles. The first-order valence-corrected chi connectivity index (χ1v) is 8.13. The number of rotatable bonds is 4. The van der Waals surface area contributed by atoms with Gasteiger partial charge in [0.25, 0.3) is 0 Å². The summed E-state index contributed by atoms with van der Waals surface area (Å²) in [4.78, 5) is 13.3. The maximum Gasteiger partial charge on any atom is 0.241 e. The Morgan fingerprint density at radius 3 is 2.67 bits per heavy atom. The van der Waals surface area contributed by atoms with E-state index in [0.717, 1.165) is 6.07 Å². The van der Waals surface area contributed by atoms with Crippen molar-refractivity contribution >= 4 is 15.9 Å². The van der Waals surface area contributed by atoms with Gasteiger partial charge in [0.05, 0.1) is 11.4 Å². The zero-order chi connectivity index (χ0) is 15.5. The van der Waals surface area contributed by atoms with Crippen LogP contribution in [0.2, 0.25) is 0 Å². The van der Waals surface area contributed by atoms with Gasteiger partial charge in [-0.05, 0) is 24.6 Å². The highest BCUT2D eigenvalue weighted by molar-refractivity contribution is 7.89. The fraction of sp³-hybridized carbons (Fsp3) is 0.462. The Labute approximate surface area is 123 Å². The van der Waals surface area contributed by atoms with Crippen LogP contribution in [0.4, 0.5) is 4.39 Å². The second-order valence-electron chi connectivity index (χ2n) is 4.87. The molecule has 0 spiro atoms. The van der Waals surface area contributed by atoms with E-state index in [-0.39, 0.29) is 17.3 Å². The van der Waals surface area contributed by atoms with Crippen LogP contribution in [-0.4, -0.2) is 51.9 Å². The number of hydrogen-bond donors (Lipinski definition) is 2. The quantitative estimate of drug-likeness (QED) is 0.810. The number of amides is 1. The summed E-state index contributed by atoms with van der Waals surface area (Å²) in [5.41, 5.74) is 0.367. The number of carbonyl (C=O) groups excluding carboxylic acids is 1. The number of aryl methyl sites for hydroxylation is 1. The third-order valence-corrected chi connectivity index (χ3v) is 4.74. The molecule has 8 heteroatoms. The summed E-state index contributed by atoms with van der Waals surface area (Å²) in [5.74, 6) is -0.876. The Morgan fingerprint density at radius 1 is 1.38 bits per heavy atom. The van der Waals surface area contributed by atoms with Crippen molar-refractivity contribution in [1.82, 2.24) is 14.9 Å². The third-order valence-electron chi connectivity index (χ3n) is 3.34. The molecular formula is C13H18FN3O3S. The lowest BCUT2D eigenvalue weighted by Crippen LogP contribution is -2.49. The van der Waals surface area contributed by atoms with E-state index in [1.807, 2.05) is 0 Å². The molecule has 1 fully saturated rings. The van der Waals surface area contributed by atoms with E-state index in [1.54, 1.807) is 11.8 Å². The summed E-state index contributed by atoms with van der Waals surface area (Å²) in [6.45, 7) is 3.73. The van der Waals surface area contributed by atoms with Crippen LogP contribution >= 0.6 is 0 Å². The predicted octanol–water partition coefficient (Wildman–Crippen LogP) is -0.156. The lowest BCUT2D eigenvalue weighted by Gasteiger charge is -2.27. The summed E-state index contributed by atoms with van der Waals surface area (Å²) in [6, 6.07) is 3.66. The normalized spacial score (nSPS) is 16.0. The molecule has 1 aliphatic rings. The SMILES string of the molecule is Cc1ccc(S(=O)(=O)NCC(=O)N2CCNCC2)cc1F. The van der Waals surface area contributed by atoms with E-state index in [9.17, 15) is 17.6 Å². The van der Waals surface area contributed by atoms with Gasteiger partial charge in [-0.1, -0.05) is 6.07 Å². The number of nitrogens with one attached hydrogen (secondary N) is 2. The maximum absolute atomic E-state index is 13.4. The van der Waals surface area contributed by atoms with Gasteiger partial charge in [0.1, 0.15) is 5.82 Å². The largest absolute Gasteiger partial charge is 0.339 e. The van der Waals surface area contributed by atoms with Crippen molar-refractivity contribution < 1.29 is 17.6 Å². The highest BCUT2D eigenvalue weighted by Gasteiger charge is 2.20. The topological polar surface area (TPSA) is 78.5 Å². The van der Waals surface area contributed by atoms with Crippen LogP contribution in [0.25, 0.3) is 0 Å². The first-order valence-electron chi connectivity index (χ1n) is 6.64. The molecule has 1 aromatic carbocycles. The van der Waals surface area contributed by atoms with Gasteiger partial charge in [0.2, 0.25) is 15.9 Å². The van der Waals surface area contributed by atoms with Crippen LogP contribution in [0.15, 0.2) is 23.1 Å². The Hall–Kier alpha value is -1.51. The van der Waals surface area contributed by atoms with Crippen molar-refractivity contribution in [3.05, 3.63) is 29.6 Å². The highest BCUT2D eigenvalue weighted by atomic mass is 32.2. The Kier molecular flexibility index (Phi) is 4.92. The minimum absolute atomic E-state index is 0.182. The average molecular weight is 315 g/mol. The second kappa shape index (κ2) is 6.50. The average Bonchev–Trinajstić information content (AvgIpc) is 2.48. The molecule has 0 atom stereocenters. The molecule has 1 aliphatic heterocycles. The van der Waals surface area contributed by atoms with Crippen LogP contribution in [0.5, 0.6) is 0 Å². The molecule has 0 aromatic heterocycles. The molecule has 0 aliphatic carbocycles. The minimum atomic E-state index is -3.89. The molecule has 0 radical (unpaired) electrons. The van der Waals surface area contributed by atoms with Gasteiger partial charge in [-0.25, -0.2) is 17.5 Å². The van der Waals surface area contributed by atoms with Gasteiger partial charge in [-0.15, -0.1) is 0 Å². The Bertz CT molecular complexity index is 628. The molecule has 116 valence electrons. The summed E-state index contributed by atoms with van der Waals surface area (Å²) in [6.07, 6.45) is 0. The van der Waals surface area contributed by atoms with Crippen molar-refractivity contribution in [3.63, 3.8) is 0 Å². The monoisotopic (exact) mass is 315 g/mol. The number of hydrogen-bond acceptors (Lipinski definition) is 4. The lowest BCUT2D eigenvalue weighted by molar-refractivity contribution is -0.130. The molecule has 0 unspecified atom stereocenters. The highest BCUT2D eigenvalue weighted by Crippen LogP contribution is 2.13. The molecule has 1 saturated heterocycles. The summed E-state index contributed by atoms with van der Waals surface area (Å²) >= 11 is 0. The van der Waals surface area contributed by atoms with Gasteiger partial charge in [0, 0.05) is 26.2 Å². The van der Waals surface area contributed by atoms with Crippen LogP contribution in [-0.2, 0) is 14.8 Å². The van der Waals surface area contributed by atoms with Crippen LogP contribution in [0.3, 0.4) is 0 Å². The zero-order valence-corrected chi connectivity index (χ0v) is 12.5. The van der Waals surface area contributed by atoms with Crippen molar-refractivity contribution in [1.29, 1.82) is 0 Å². The standard InChI is InChI=1S/C13H18FN3O3S/c1-10-2-3-11(8-12(10)14)21(19,20)16-9-13(18)17-6-4-15-5-7-17/h2-3,8,15-16H,4-7,9H2,1H3. The Balaban J connectivity index is 2.00. The van der Waals surface area contributed by atoms with Crippen molar-refractivity contribution in [2.45, 2.75) is 11.8 Å². The molecule has 0 bridgehead atoms. The van der Waals surface area contributed by atoms with E-state index < -0.39 is 15.8 Å². The Morgan fingerprint density at radius 2 is 2.05 bits per heavy atom. The number of carbonyl (C=O) groups is 1. The van der Waals surface area contributed by atoms with E-state index in [2.05, 4.69) is 10.0 Å².